The third-order valence-corrected chi connectivity index (χ3v) is 0. The van der Waals surface area contributed by atoms with Crippen molar-refractivity contribution in [1.29, 1.82) is 0 Å². The van der Waals surface area contributed by atoms with Crippen molar-refractivity contribution >= 4 is 0 Å². The Morgan fingerprint density at radius 1 is 1.38 bits per heavy atom. The summed E-state index contributed by atoms with van der Waals surface area (Å²) in [6.07, 6.45) is 1.75. The van der Waals surface area contributed by atoms with Crippen LogP contribution in [0.25, 0.3) is 0 Å². The SMILES string of the molecule is C=C(C)C.C=CC.N. The minimum atomic E-state index is 0. The van der Waals surface area contributed by atoms with E-state index in [9.17, 15) is 0 Å². The lowest BCUT2D eigenvalue weighted by Gasteiger charge is -1.65. The summed E-state index contributed by atoms with van der Waals surface area (Å²) in [6.45, 7) is 12.8. The van der Waals surface area contributed by atoms with Crippen molar-refractivity contribution in [1.82, 2.24) is 6.15 Å². The molecule has 0 aromatic carbocycles. The van der Waals surface area contributed by atoms with Crippen molar-refractivity contribution in [3.8, 4) is 0 Å². The molecule has 0 unspecified atom stereocenters. The van der Waals surface area contributed by atoms with Gasteiger partial charge in [0.25, 0.3) is 0 Å². The van der Waals surface area contributed by atoms with Crippen molar-refractivity contribution in [2.24, 2.45) is 0 Å². The highest BCUT2D eigenvalue weighted by atomic mass is 14.0. The molecular formula is C7H17N. The first-order valence-electron chi connectivity index (χ1n) is 2.34. The minimum Gasteiger partial charge on any atom is -0.344 e. The molecule has 0 aliphatic rings. The highest BCUT2D eigenvalue weighted by Crippen LogP contribution is 1.73. The predicted octanol–water partition coefficient (Wildman–Crippen LogP) is 2.94. The van der Waals surface area contributed by atoms with Crippen LogP contribution >= 0.6 is 0 Å². The van der Waals surface area contributed by atoms with E-state index in [0.29, 0.717) is 0 Å². The molecule has 0 fully saturated rings. The lowest BCUT2D eigenvalue weighted by Crippen LogP contribution is -1.43. The fourth-order valence-corrected chi connectivity index (χ4v) is 0. The van der Waals surface area contributed by atoms with Crippen LogP contribution in [0.2, 0.25) is 0 Å². The summed E-state index contributed by atoms with van der Waals surface area (Å²) < 4.78 is 0. The summed E-state index contributed by atoms with van der Waals surface area (Å²) in [5.41, 5.74) is 1.17. The summed E-state index contributed by atoms with van der Waals surface area (Å²) in [7, 11) is 0. The molecule has 0 saturated carbocycles. The molecule has 0 atom stereocenters. The third kappa shape index (κ3) is 342. The van der Waals surface area contributed by atoms with Crippen LogP contribution in [0.5, 0.6) is 0 Å². The molecule has 1 nitrogen and oxygen atoms in total. The maximum atomic E-state index is 3.56. The zero-order valence-corrected chi connectivity index (χ0v) is 6.20. The molecule has 0 radical (unpaired) electrons. The molecule has 0 bridgehead atoms. The Hall–Kier alpha value is -0.560. The zero-order valence-electron chi connectivity index (χ0n) is 6.20. The van der Waals surface area contributed by atoms with E-state index in [0.717, 1.165) is 0 Å². The van der Waals surface area contributed by atoms with Crippen LogP contribution < -0.4 is 6.15 Å². The first kappa shape index (κ1) is 15.7. The first-order valence-corrected chi connectivity index (χ1v) is 2.34. The fraction of sp³-hybridized carbons (Fsp3) is 0.429. The molecule has 0 spiro atoms. The third-order valence-electron chi connectivity index (χ3n) is 0. The van der Waals surface area contributed by atoms with E-state index in [1.165, 1.54) is 5.57 Å². The van der Waals surface area contributed by atoms with E-state index in [1.54, 1.807) is 6.08 Å². The lowest BCUT2D eigenvalue weighted by atomic mass is 10.4. The molecule has 0 aliphatic heterocycles. The summed E-state index contributed by atoms with van der Waals surface area (Å²) in [6, 6.07) is 0. The zero-order chi connectivity index (χ0) is 6.28. The second-order valence-electron chi connectivity index (χ2n) is 1.62. The Morgan fingerprint density at radius 2 is 1.38 bits per heavy atom. The number of rotatable bonds is 0. The summed E-state index contributed by atoms with van der Waals surface area (Å²) in [5.74, 6) is 0. The Morgan fingerprint density at radius 3 is 1.38 bits per heavy atom. The van der Waals surface area contributed by atoms with Gasteiger partial charge >= 0.3 is 0 Å². The summed E-state index contributed by atoms with van der Waals surface area (Å²) in [5, 5.41) is 0. The van der Waals surface area contributed by atoms with E-state index in [-0.39, 0.29) is 6.15 Å². The van der Waals surface area contributed by atoms with Gasteiger partial charge in [0, 0.05) is 0 Å². The van der Waals surface area contributed by atoms with E-state index in [1.807, 2.05) is 20.8 Å². The predicted molar refractivity (Wildman–Crippen MR) is 41.4 cm³/mol. The number of hydrogen-bond donors (Lipinski definition) is 1. The van der Waals surface area contributed by atoms with E-state index in [4.69, 9.17) is 0 Å². The van der Waals surface area contributed by atoms with E-state index >= 15 is 0 Å². The van der Waals surface area contributed by atoms with Gasteiger partial charge in [-0.2, -0.15) is 0 Å². The molecule has 3 N–H and O–H groups in total. The van der Waals surface area contributed by atoms with Gasteiger partial charge in [0.05, 0.1) is 0 Å². The molecule has 0 aromatic rings. The van der Waals surface area contributed by atoms with Gasteiger partial charge in [0.1, 0.15) is 0 Å². The molecule has 1 heteroatoms. The smallest absolute Gasteiger partial charge is 0.0445 e. The van der Waals surface area contributed by atoms with Gasteiger partial charge in [0.15, 0.2) is 0 Å². The Kier molecular flexibility index (Phi) is 31.5. The molecule has 0 amide bonds. The standard InChI is InChI=1S/C4H8.C3H6.H3N/c1-4(2)3;1-3-2;/h1H2,2-3H3;3H,1H2,2H3;1H3. The van der Waals surface area contributed by atoms with Gasteiger partial charge in [-0.3, -0.25) is 0 Å². The normalized spacial score (nSPS) is 4.88. The van der Waals surface area contributed by atoms with Gasteiger partial charge in [-0.15, -0.1) is 13.2 Å². The molecule has 0 heterocycles. The monoisotopic (exact) mass is 115 g/mol. The van der Waals surface area contributed by atoms with Gasteiger partial charge < -0.3 is 6.15 Å². The number of allylic oxidation sites excluding steroid dienone is 2. The largest absolute Gasteiger partial charge is 0.344 e. The van der Waals surface area contributed by atoms with Gasteiger partial charge in [-0.1, -0.05) is 11.6 Å². The molecule has 0 aliphatic carbocycles. The van der Waals surface area contributed by atoms with Crippen LogP contribution in [-0.2, 0) is 0 Å². The van der Waals surface area contributed by atoms with Crippen molar-refractivity contribution in [2.45, 2.75) is 20.8 Å². The maximum absolute atomic E-state index is 3.56. The first-order chi connectivity index (χ1) is 3.15. The highest BCUT2D eigenvalue weighted by Gasteiger charge is 1.51. The second-order valence-corrected chi connectivity index (χ2v) is 1.62. The van der Waals surface area contributed by atoms with Gasteiger partial charge in [0.2, 0.25) is 0 Å². The summed E-state index contributed by atoms with van der Waals surface area (Å²) in [4.78, 5) is 0. The second kappa shape index (κ2) is 16.1. The average Bonchev–Trinajstić information content (AvgIpc) is 1.33. The number of hydrogen-bond acceptors (Lipinski definition) is 1. The molecular weight excluding hydrogens is 98.1 g/mol. The van der Waals surface area contributed by atoms with E-state index in [2.05, 4.69) is 13.2 Å². The van der Waals surface area contributed by atoms with Crippen LogP contribution in [0.1, 0.15) is 20.8 Å². The fourth-order valence-electron chi connectivity index (χ4n) is 0. The molecule has 0 saturated heterocycles. The van der Waals surface area contributed by atoms with Crippen molar-refractivity contribution < 1.29 is 0 Å². The maximum Gasteiger partial charge on any atom is -0.0445 e. The van der Waals surface area contributed by atoms with Gasteiger partial charge in [-0.25, -0.2) is 0 Å². The molecule has 50 valence electrons. The van der Waals surface area contributed by atoms with Crippen LogP contribution in [-0.4, -0.2) is 0 Å². The molecule has 0 rings (SSSR count). The van der Waals surface area contributed by atoms with Crippen LogP contribution in [0.4, 0.5) is 0 Å². The topological polar surface area (TPSA) is 35.0 Å². The summed E-state index contributed by atoms with van der Waals surface area (Å²) >= 11 is 0. The molecule has 0 aromatic heterocycles. The minimum absolute atomic E-state index is 0. The Labute approximate surface area is 52.7 Å². The van der Waals surface area contributed by atoms with Crippen molar-refractivity contribution in [3.63, 3.8) is 0 Å². The Balaban J connectivity index is -0.0000000575. The van der Waals surface area contributed by atoms with Crippen molar-refractivity contribution in [3.05, 3.63) is 24.8 Å². The van der Waals surface area contributed by atoms with E-state index < -0.39 is 0 Å². The lowest BCUT2D eigenvalue weighted by molar-refractivity contribution is 1.42. The highest BCUT2D eigenvalue weighted by molar-refractivity contribution is 4.78. The van der Waals surface area contributed by atoms with Crippen LogP contribution in [0.15, 0.2) is 24.8 Å². The van der Waals surface area contributed by atoms with Crippen LogP contribution in [0.3, 0.4) is 0 Å². The van der Waals surface area contributed by atoms with Crippen molar-refractivity contribution in [2.75, 3.05) is 0 Å². The van der Waals surface area contributed by atoms with Gasteiger partial charge in [-0.05, 0) is 20.8 Å². The van der Waals surface area contributed by atoms with Crippen LogP contribution in [0, 0.1) is 0 Å². The Bertz CT molecular complexity index is 51.4. The average molecular weight is 115 g/mol. The molecule has 8 heavy (non-hydrogen) atoms. The quantitative estimate of drug-likeness (QED) is 0.484.